The standard InChI is InChI=1S/C14H18N2OS/c1-17-13-7-11(3-4-12(13)8-15)9-16-10-14(18-2)5-6-14/h3-4,7,16H,5-6,9-10H2,1-2H3. The van der Waals surface area contributed by atoms with Crippen molar-refractivity contribution in [2.24, 2.45) is 0 Å². The molecule has 0 atom stereocenters. The average molecular weight is 262 g/mol. The lowest BCUT2D eigenvalue weighted by atomic mass is 10.1. The van der Waals surface area contributed by atoms with E-state index < -0.39 is 0 Å². The molecule has 1 aliphatic carbocycles. The van der Waals surface area contributed by atoms with E-state index in [1.54, 1.807) is 7.11 Å². The third-order valence-electron chi connectivity index (χ3n) is 3.40. The maximum Gasteiger partial charge on any atom is 0.136 e. The van der Waals surface area contributed by atoms with Crippen LogP contribution in [0.4, 0.5) is 0 Å². The van der Waals surface area contributed by atoms with E-state index in [-0.39, 0.29) is 0 Å². The number of nitriles is 1. The fourth-order valence-corrected chi connectivity index (χ4v) is 2.72. The lowest BCUT2D eigenvalue weighted by Gasteiger charge is -2.13. The zero-order valence-electron chi connectivity index (χ0n) is 10.8. The van der Waals surface area contributed by atoms with Crippen molar-refractivity contribution in [1.82, 2.24) is 5.32 Å². The maximum atomic E-state index is 8.91. The highest BCUT2D eigenvalue weighted by Crippen LogP contribution is 2.46. The third-order valence-corrected chi connectivity index (χ3v) is 4.82. The molecule has 1 N–H and O–H groups in total. The quantitative estimate of drug-likeness (QED) is 0.855. The van der Waals surface area contributed by atoms with Crippen molar-refractivity contribution in [3.8, 4) is 11.8 Å². The van der Waals surface area contributed by atoms with Crippen LogP contribution in [-0.2, 0) is 6.54 Å². The molecule has 0 heterocycles. The summed E-state index contributed by atoms with van der Waals surface area (Å²) in [6, 6.07) is 7.85. The summed E-state index contributed by atoms with van der Waals surface area (Å²) in [5.74, 6) is 0.655. The number of hydrogen-bond donors (Lipinski definition) is 1. The van der Waals surface area contributed by atoms with E-state index in [9.17, 15) is 0 Å². The van der Waals surface area contributed by atoms with Gasteiger partial charge in [-0.15, -0.1) is 0 Å². The molecule has 3 nitrogen and oxygen atoms in total. The van der Waals surface area contributed by atoms with E-state index >= 15 is 0 Å². The fraction of sp³-hybridized carbons (Fsp3) is 0.500. The molecule has 18 heavy (non-hydrogen) atoms. The number of nitrogens with one attached hydrogen (secondary N) is 1. The molecule has 0 unspecified atom stereocenters. The van der Waals surface area contributed by atoms with Crippen molar-refractivity contribution < 1.29 is 4.74 Å². The van der Waals surface area contributed by atoms with Crippen LogP contribution in [0, 0.1) is 11.3 Å². The topological polar surface area (TPSA) is 45.0 Å². The Morgan fingerprint density at radius 1 is 1.50 bits per heavy atom. The highest BCUT2D eigenvalue weighted by molar-refractivity contribution is 8.00. The van der Waals surface area contributed by atoms with Crippen LogP contribution in [0.5, 0.6) is 5.75 Å². The average Bonchev–Trinajstić information content (AvgIpc) is 3.19. The fourth-order valence-electron chi connectivity index (χ4n) is 1.97. The number of thioether (sulfide) groups is 1. The van der Waals surface area contributed by atoms with E-state index in [0.29, 0.717) is 16.1 Å². The second kappa shape index (κ2) is 5.64. The Balaban J connectivity index is 1.92. The Morgan fingerprint density at radius 2 is 2.28 bits per heavy atom. The number of hydrogen-bond acceptors (Lipinski definition) is 4. The van der Waals surface area contributed by atoms with Crippen LogP contribution in [0.25, 0.3) is 0 Å². The van der Waals surface area contributed by atoms with Crippen LogP contribution < -0.4 is 10.1 Å². The molecule has 0 aromatic heterocycles. The van der Waals surface area contributed by atoms with E-state index in [1.807, 2.05) is 30.0 Å². The van der Waals surface area contributed by atoms with Gasteiger partial charge < -0.3 is 10.1 Å². The lowest BCUT2D eigenvalue weighted by molar-refractivity contribution is 0.412. The summed E-state index contributed by atoms with van der Waals surface area (Å²) in [6.07, 6.45) is 4.81. The van der Waals surface area contributed by atoms with Crippen LogP contribution in [0.2, 0.25) is 0 Å². The highest BCUT2D eigenvalue weighted by atomic mass is 32.2. The van der Waals surface area contributed by atoms with E-state index in [0.717, 1.165) is 18.7 Å². The van der Waals surface area contributed by atoms with Gasteiger partial charge in [0, 0.05) is 17.8 Å². The predicted molar refractivity (Wildman–Crippen MR) is 74.9 cm³/mol. The largest absolute Gasteiger partial charge is 0.495 e. The molecule has 0 radical (unpaired) electrons. The molecule has 1 saturated carbocycles. The summed E-state index contributed by atoms with van der Waals surface area (Å²) in [4.78, 5) is 0. The summed E-state index contributed by atoms with van der Waals surface area (Å²) < 4.78 is 5.69. The van der Waals surface area contributed by atoms with Gasteiger partial charge in [-0.05, 0) is 36.8 Å². The first kappa shape index (κ1) is 13.3. The molecule has 2 rings (SSSR count). The zero-order chi connectivity index (χ0) is 13.0. The van der Waals surface area contributed by atoms with Gasteiger partial charge in [0.05, 0.1) is 12.7 Å². The van der Waals surface area contributed by atoms with Crippen molar-refractivity contribution in [1.29, 1.82) is 5.26 Å². The molecule has 0 amide bonds. The van der Waals surface area contributed by atoms with Crippen LogP contribution in [0.3, 0.4) is 0 Å². The summed E-state index contributed by atoms with van der Waals surface area (Å²) in [7, 11) is 1.60. The Morgan fingerprint density at radius 3 is 2.83 bits per heavy atom. The molecule has 1 aromatic rings. The Kier molecular flexibility index (Phi) is 4.15. The van der Waals surface area contributed by atoms with Crippen molar-refractivity contribution >= 4 is 11.8 Å². The van der Waals surface area contributed by atoms with Gasteiger partial charge in [0.2, 0.25) is 0 Å². The molecule has 4 heteroatoms. The third kappa shape index (κ3) is 2.98. The van der Waals surface area contributed by atoms with Gasteiger partial charge in [0.15, 0.2) is 0 Å². The van der Waals surface area contributed by atoms with Crippen molar-refractivity contribution in [3.05, 3.63) is 29.3 Å². The number of benzene rings is 1. The van der Waals surface area contributed by atoms with Gasteiger partial charge in [0.25, 0.3) is 0 Å². The smallest absolute Gasteiger partial charge is 0.136 e. The number of methoxy groups -OCH3 is 1. The normalized spacial score (nSPS) is 16.1. The van der Waals surface area contributed by atoms with Crippen LogP contribution in [0.1, 0.15) is 24.0 Å². The van der Waals surface area contributed by atoms with Crippen LogP contribution >= 0.6 is 11.8 Å². The van der Waals surface area contributed by atoms with E-state index in [1.165, 1.54) is 12.8 Å². The van der Waals surface area contributed by atoms with Gasteiger partial charge in [-0.25, -0.2) is 0 Å². The zero-order valence-corrected chi connectivity index (χ0v) is 11.6. The minimum absolute atomic E-state index is 0.483. The second-order valence-electron chi connectivity index (χ2n) is 4.64. The van der Waals surface area contributed by atoms with Gasteiger partial charge in [0.1, 0.15) is 11.8 Å². The molecule has 1 fully saturated rings. The minimum atomic E-state index is 0.483. The molecule has 0 bridgehead atoms. The van der Waals surface area contributed by atoms with Gasteiger partial charge in [-0.3, -0.25) is 0 Å². The highest BCUT2D eigenvalue weighted by Gasteiger charge is 2.41. The number of rotatable bonds is 6. The molecular weight excluding hydrogens is 244 g/mol. The lowest BCUT2D eigenvalue weighted by Crippen LogP contribution is -2.25. The van der Waals surface area contributed by atoms with Gasteiger partial charge in [-0.2, -0.15) is 17.0 Å². The molecule has 0 aliphatic heterocycles. The second-order valence-corrected chi connectivity index (χ2v) is 5.91. The Labute approximate surface area is 113 Å². The Hall–Kier alpha value is -1.18. The summed E-state index contributed by atoms with van der Waals surface area (Å²) in [5, 5.41) is 12.4. The molecule has 96 valence electrons. The van der Waals surface area contributed by atoms with Crippen molar-refractivity contribution in [2.75, 3.05) is 19.9 Å². The molecular formula is C14H18N2OS. The van der Waals surface area contributed by atoms with Crippen LogP contribution in [-0.4, -0.2) is 24.7 Å². The monoisotopic (exact) mass is 262 g/mol. The Bertz CT molecular complexity index is 463. The van der Waals surface area contributed by atoms with Crippen molar-refractivity contribution in [3.63, 3.8) is 0 Å². The summed E-state index contributed by atoms with van der Waals surface area (Å²) in [6.45, 7) is 1.88. The summed E-state index contributed by atoms with van der Waals surface area (Å²) >= 11 is 1.96. The first-order valence-electron chi connectivity index (χ1n) is 6.06. The van der Waals surface area contributed by atoms with E-state index in [4.69, 9.17) is 10.00 Å². The number of ether oxygens (including phenoxy) is 1. The SMILES string of the molecule is COc1cc(CNCC2(SC)CC2)ccc1C#N. The maximum absolute atomic E-state index is 8.91. The van der Waals surface area contributed by atoms with Gasteiger partial charge >= 0.3 is 0 Å². The van der Waals surface area contributed by atoms with E-state index in [2.05, 4.69) is 17.6 Å². The molecule has 1 aromatic carbocycles. The number of nitrogens with zero attached hydrogens (tertiary/aromatic N) is 1. The predicted octanol–water partition coefficient (Wildman–Crippen LogP) is 2.55. The molecule has 0 saturated heterocycles. The molecule has 0 spiro atoms. The minimum Gasteiger partial charge on any atom is -0.495 e. The van der Waals surface area contributed by atoms with Crippen molar-refractivity contribution in [2.45, 2.75) is 24.1 Å². The van der Waals surface area contributed by atoms with Crippen LogP contribution in [0.15, 0.2) is 18.2 Å². The molecule has 1 aliphatic rings. The first-order chi connectivity index (χ1) is 8.73. The summed E-state index contributed by atoms with van der Waals surface area (Å²) in [5.41, 5.74) is 1.74. The first-order valence-corrected chi connectivity index (χ1v) is 7.28. The van der Waals surface area contributed by atoms with Gasteiger partial charge in [-0.1, -0.05) is 6.07 Å².